The minimum atomic E-state index is -0.336. The van der Waals surface area contributed by atoms with E-state index in [1.165, 1.54) is 13.5 Å². The summed E-state index contributed by atoms with van der Waals surface area (Å²) >= 11 is 1.74. The van der Waals surface area contributed by atoms with E-state index in [1.54, 1.807) is 11.8 Å². The maximum Gasteiger partial charge on any atom is 0.338 e. The Morgan fingerprint density at radius 2 is 2.03 bits per heavy atom. The Hall–Kier alpha value is -2.28. The van der Waals surface area contributed by atoms with Crippen LogP contribution in [-0.4, -0.2) is 41.4 Å². The van der Waals surface area contributed by atoms with Gasteiger partial charge in [0.15, 0.2) is 5.17 Å². The molecular formula is C24H31N3O3S. The molecule has 0 spiro atoms. The molecule has 1 saturated heterocycles. The molecule has 166 valence electrons. The van der Waals surface area contributed by atoms with Gasteiger partial charge in [0.1, 0.15) is 0 Å². The zero-order valence-corrected chi connectivity index (χ0v) is 19.2. The van der Waals surface area contributed by atoms with Gasteiger partial charge in [-0.3, -0.25) is 4.79 Å². The second kappa shape index (κ2) is 9.90. The molecule has 1 aromatic carbocycles. The van der Waals surface area contributed by atoms with E-state index in [0.29, 0.717) is 12.0 Å². The molecule has 1 atom stereocenters. The highest BCUT2D eigenvalue weighted by atomic mass is 32.2. The predicted molar refractivity (Wildman–Crippen MR) is 125 cm³/mol. The Morgan fingerprint density at radius 1 is 1.23 bits per heavy atom. The van der Waals surface area contributed by atoms with Crippen LogP contribution in [0.3, 0.4) is 0 Å². The normalized spacial score (nSPS) is 21.9. The lowest BCUT2D eigenvalue weighted by atomic mass is 9.88. The van der Waals surface area contributed by atoms with Crippen LogP contribution in [0.15, 0.2) is 40.5 Å². The fourth-order valence-electron chi connectivity index (χ4n) is 4.75. The first-order chi connectivity index (χ1) is 15.1. The van der Waals surface area contributed by atoms with Gasteiger partial charge >= 0.3 is 5.97 Å². The number of benzene rings is 1. The zero-order valence-electron chi connectivity index (χ0n) is 18.4. The average Bonchev–Trinajstić information content (AvgIpc) is 2.83. The largest absolute Gasteiger partial charge is 0.466 e. The van der Waals surface area contributed by atoms with E-state index in [2.05, 4.69) is 10.2 Å². The molecule has 0 radical (unpaired) electrons. The van der Waals surface area contributed by atoms with Gasteiger partial charge in [-0.2, -0.15) is 0 Å². The van der Waals surface area contributed by atoms with Crippen LogP contribution in [0.25, 0.3) is 0 Å². The third kappa shape index (κ3) is 4.66. The predicted octanol–water partition coefficient (Wildman–Crippen LogP) is 4.89. The van der Waals surface area contributed by atoms with Crippen LogP contribution in [-0.2, 0) is 14.3 Å². The van der Waals surface area contributed by atoms with Crippen molar-refractivity contribution in [2.24, 2.45) is 10.9 Å². The monoisotopic (exact) mass is 441 g/mol. The number of nitrogens with zero attached hydrogens (tertiary/aromatic N) is 2. The highest BCUT2D eigenvalue weighted by molar-refractivity contribution is 8.13. The number of carbonyl (C=O) groups excluding carboxylic acids is 2. The van der Waals surface area contributed by atoms with E-state index < -0.39 is 0 Å². The van der Waals surface area contributed by atoms with Gasteiger partial charge in [0, 0.05) is 23.9 Å². The fourth-order valence-corrected chi connectivity index (χ4v) is 5.75. The molecule has 1 aliphatic carbocycles. The fraction of sp³-hybridized carbons (Fsp3) is 0.542. The van der Waals surface area contributed by atoms with E-state index in [0.717, 1.165) is 66.5 Å². The van der Waals surface area contributed by atoms with Crippen LogP contribution < -0.4 is 5.32 Å². The van der Waals surface area contributed by atoms with E-state index in [1.807, 2.05) is 31.2 Å². The van der Waals surface area contributed by atoms with Crippen LogP contribution in [0.2, 0.25) is 0 Å². The molecule has 1 N–H and O–H groups in total. The van der Waals surface area contributed by atoms with Crippen molar-refractivity contribution in [3.63, 3.8) is 0 Å². The Morgan fingerprint density at radius 3 is 2.77 bits per heavy atom. The molecule has 4 rings (SSSR count). The molecule has 2 heterocycles. The highest BCUT2D eigenvalue weighted by Gasteiger charge is 2.38. The van der Waals surface area contributed by atoms with E-state index in [-0.39, 0.29) is 23.8 Å². The highest BCUT2D eigenvalue weighted by Crippen LogP contribution is 2.41. The Balaban J connectivity index is 1.66. The molecule has 31 heavy (non-hydrogen) atoms. The number of rotatable bonds is 5. The van der Waals surface area contributed by atoms with Gasteiger partial charge in [-0.1, -0.05) is 50.1 Å². The van der Waals surface area contributed by atoms with Crippen molar-refractivity contribution in [1.29, 1.82) is 0 Å². The average molecular weight is 442 g/mol. The first-order valence-electron chi connectivity index (χ1n) is 11.3. The Kier molecular flexibility index (Phi) is 7.00. The van der Waals surface area contributed by atoms with Crippen molar-refractivity contribution < 1.29 is 14.3 Å². The minimum Gasteiger partial charge on any atom is -0.466 e. The molecule has 7 heteroatoms. The van der Waals surface area contributed by atoms with Gasteiger partial charge in [-0.25, -0.2) is 9.79 Å². The number of nitrogens with one attached hydrogen (secondary N) is 1. The third-order valence-corrected chi connectivity index (χ3v) is 7.41. The second-order valence-corrected chi connectivity index (χ2v) is 9.41. The number of amides is 1. The molecule has 6 nitrogen and oxygen atoms in total. The molecule has 2 aliphatic heterocycles. The minimum absolute atomic E-state index is 0.0986. The number of amidine groups is 1. The summed E-state index contributed by atoms with van der Waals surface area (Å²) in [5, 5.41) is 4.09. The van der Waals surface area contributed by atoms with Gasteiger partial charge < -0.3 is 15.0 Å². The van der Waals surface area contributed by atoms with Crippen molar-refractivity contribution in [1.82, 2.24) is 4.90 Å². The molecular weight excluding hydrogens is 410 g/mol. The summed E-state index contributed by atoms with van der Waals surface area (Å²) in [6.45, 7) is 2.86. The molecule has 0 unspecified atom stereocenters. The SMILES string of the molecule is CCC1=C(C(=O)OC)[C@@H](c2cccc(NC(=O)C3CCCCC3)c2)N2CCCSC2=N1. The topological polar surface area (TPSA) is 71.0 Å². The lowest BCUT2D eigenvalue weighted by molar-refractivity contribution is -0.137. The Bertz CT molecular complexity index is 905. The Labute approximate surface area is 188 Å². The number of fused-ring (bicyclic) bond motifs is 1. The van der Waals surface area contributed by atoms with E-state index in [9.17, 15) is 9.59 Å². The van der Waals surface area contributed by atoms with E-state index in [4.69, 9.17) is 9.73 Å². The van der Waals surface area contributed by atoms with Gasteiger partial charge in [0.25, 0.3) is 0 Å². The number of ether oxygens (including phenoxy) is 1. The first kappa shape index (κ1) is 21.9. The van der Waals surface area contributed by atoms with Crippen molar-refractivity contribution in [2.45, 2.75) is 57.9 Å². The third-order valence-electron chi connectivity index (χ3n) is 6.33. The van der Waals surface area contributed by atoms with Crippen LogP contribution >= 0.6 is 11.8 Å². The molecule has 0 bridgehead atoms. The van der Waals surface area contributed by atoms with Gasteiger partial charge in [-0.05, 0) is 43.4 Å². The van der Waals surface area contributed by atoms with Gasteiger partial charge in [-0.15, -0.1) is 0 Å². The van der Waals surface area contributed by atoms with Crippen molar-refractivity contribution >= 4 is 34.5 Å². The smallest absolute Gasteiger partial charge is 0.338 e. The molecule has 1 amide bonds. The lowest BCUT2D eigenvalue weighted by Gasteiger charge is -2.40. The molecule has 2 fully saturated rings. The van der Waals surface area contributed by atoms with Crippen molar-refractivity contribution in [2.75, 3.05) is 24.7 Å². The quantitative estimate of drug-likeness (QED) is 0.659. The summed E-state index contributed by atoms with van der Waals surface area (Å²) < 4.78 is 5.16. The van der Waals surface area contributed by atoms with Gasteiger partial charge in [0.2, 0.25) is 5.91 Å². The summed E-state index contributed by atoms with van der Waals surface area (Å²) in [5.41, 5.74) is 3.15. The number of carbonyl (C=O) groups is 2. The lowest BCUT2D eigenvalue weighted by Crippen LogP contribution is -2.42. The molecule has 1 saturated carbocycles. The molecule has 0 aromatic heterocycles. The van der Waals surface area contributed by atoms with Crippen molar-refractivity contribution in [3.05, 3.63) is 41.1 Å². The standard InChI is InChI=1S/C24H31N3O3S/c1-3-19-20(23(29)30-2)21(27-13-8-14-31-24(27)26-19)17-11-7-12-18(15-17)25-22(28)16-9-5-4-6-10-16/h7,11-12,15-16,21H,3-6,8-10,13-14H2,1-2H3,(H,25,28)/t21-/m1/s1. The molecule has 1 aromatic rings. The number of methoxy groups -OCH3 is 1. The number of anilines is 1. The first-order valence-corrected chi connectivity index (χ1v) is 12.3. The van der Waals surface area contributed by atoms with Crippen LogP contribution in [0.1, 0.15) is 63.5 Å². The number of aliphatic imine (C=N–C) groups is 1. The maximum atomic E-state index is 12.8. The number of hydrogen-bond acceptors (Lipinski definition) is 6. The summed E-state index contributed by atoms with van der Waals surface area (Å²) in [6, 6.07) is 7.65. The van der Waals surface area contributed by atoms with Crippen LogP contribution in [0.4, 0.5) is 5.69 Å². The summed E-state index contributed by atoms with van der Waals surface area (Å²) in [6.07, 6.45) is 7.11. The van der Waals surface area contributed by atoms with Crippen LogP contribution in [0, 0.1) is 5.92 Å². The summed E-state index contributed by atoms with van der Waals surface area (Å²) in [7, 11) is 1.42. The summed E-state index contributed by atoms with van der Waals surface area (Å²) in [4.78, 5) is 32.6. The van der Waals surface area contributed by atoms with Crippen LogP contribution in [0.5, 0.6) is 0 Å². The maximum absolute atomic E-state index is 12.8. The summed E-state index contributed by atoms with van der Waals surface area (Å²) in [5.74, 6) is 0.900. The van der Waals surface area contributed by atoms with E-state index >= 15 is 0 Å². The van der Waals surface area contributed by atoms with Crippen molar-refractivity contribution in [3.8, 4) is 0 Å². The second-order valence-electron chi connectivity index (χ2n) is 8.35. The van der Waals surface area contributed by atoms with Gasteiger partial charge in [0.05, 0.1) is 24.4 Å². The molecule has 3 aliphatic rings. The number of esters is 1. The number of hydrogen-bond donors (Lipinski definition) is 1. The number of allylic oxidation sites excluding steroid dienone is 1. The zero-order chi connectivity index (χ0) is 21.8. The number of thioether (sulfide) groups is 1.